The first-order chi connectivity index (χ1) is 17.6. The molecule has 0 aromatic heterocycles. The van der Waals surface area contributed by atoms with Gasteiger partial charge in [0.25, 0.3) is 0 Å². The van der Waals surface area contributed by atoms with Crippen LogP contribution in [-0.4, -0.2) is 70.2 Å². The third-order valence-corrected chi connectivity index (χ3v) is 8.51. The van der Waals surface area contributed by atoms with Crippen LogP contribution in [0.4, 0.5) is 0 Å². The second-order valence-corrected chi connectivity index (χ2v) is 11.5. The molecule has 38 heavy (non-hydrogen) atoms. The zero-order chi connectivity index (χ0) is 28.3. The van der Waals surface area contributed by atoms with Crippen LogP contribution in [-0.2, 0) is 38.1 Å². The summed E-state index contributed by atoms with van der Waals surface area (Å²) in [5.74, 6) is -3.38. The van der Waals surface area contributed by atoms with Gasteiger partial charge in [0.1, 0.15) is 23.9 Å². The smallest absolute Gasteiger partial charge is 0.338 e. The van der Waals surface area contributed by atoms with E-state index in [1.165, 1.54) is 20.8 Å². The van der Waals surface area contributed by atoms with Gasteiger partial charge in [-0.25, -0.2) is 4.79 Å². The van der Waals surface area contributed by atoms with Gasteiger partial charge in [-0.2, -0.15) is 0 Å². The van der Waals surface area contributed by atoms with Crippen molar-refractivity contribution in [2.24, 2.45) is 11.3 Å². The maximum Gasteiger partial charge on any atom is 0.338 e. The summed E-state index contributed by atoms with van der Waals surface area (Å²) in [5.41, 5.74) is -5.65. The molecule has 2 aliphatic carbocycles. The van der Waals surface area contributed by atoms with Gasteiger partial charge in [-0.3, -0.25) is 14.4 Å². The van der Waals surface area contributed by atoms with Gasteiger partial charge in [0, 0.05) is 20.8 Å². The molecule has 1 N–H and O–H groups in total. The van der Waals surface area contributed by atoms with Crippen molar-refractivity contribution in [2.45, 2.75) is 103 Å². The van der Waals surface area contributed by atoms with Crippen LogP contribution < -0.4 is 0 Å². The lowest BCUT2D eigenvalue weighted by molar-refractivity contribution is -0.336. The van der Waals surface area contributed by atoms with E-state index in [2.05, 4.69) is 0 Å². The number of hydrogen-bond donors (Lipinski definition) is 1. The highest BCUT2D eigenvalue weighted by Crippen LogP contribution is 2.69. The van der Waals surface area contributed by atoms with Crippen LogP contribution in [0.5, 0.6) is 0 Å². The molecule has 1 heterocycles. The van der Waals surface area contributed by atoms with Gasteiger partial charge < -0.3 is 28.8 Å². The monoisotopic (exact) mass is 532 g/mol. The molecule has 0 amide bonds. The van der Waals surface area contributed by atoms with E-state index in [1.54, 1.807) is 58.0 Å². The molecule has 10 nitrogen and oxygen atoms in total. The summed E-state index contributed by atoms with van der Waals surface area (Å²) in [6, 6.07) is 8.39. The van der Waals surface area contributed by atoms with Crippen LogP contribution in [0.15, 0.2) is 30.3 Å². The molecule has 4 rings (SSSR count). The molecule has 1 spiro atoms. The lowest BCUT2D eigenvalue weighted by atomic mass is 9.47. The molecule has 1 aromatic rings. The fourth-order valence-electron chi connectivity index (χ4n) is 7.18. The van der Waals surface area contributed by atoms with Crippen LogP contribution in [0, 0.1) is 11.3 Å². The highest BCUT2D eigenvalue weighted by atomic mass is 16.6. The van der Waals surface area contributed by atoms with Crippen molar-refractivity contribution in [3.63, 3.8) is 0 Å². The van der Waals surface area contributed by atoms with Crippen LogP contribution in [0.1, 0.15) is 71.7 Å². The lowest BCUT2D eigenvalue weighted by Gasteiger charge is -2.65. The summed E-state index contributed by atoms with van der Waals surface area (Å²) in [6.07, 6.45) is -4.14. The number of aliphatic hydroxyl groups is 1. The summed E-state index contributed by atoms with van der Waals surface area (Å²) in [6.45, 7) is 10.4. The number of ether oxygens (including phenoxy) is 5. The van der Waals surface area contributed by atoms with E-state index < -0.39 is 76.4 Å². The normalized spacial score (nSPS) is 38.9. The first kappa shape index (κ1) is 28.0. The van der Waals surface area contributed by atoms with Crippen LogP contribution in [0.25, 0.3) is 0 Å². The summed E-state index contributed by atoms with van der Waals surface area (Å²) < 4.78 is 30.4. The van der Waals surface area contributed by atoms with Crippen molar-refractivity contribution >= 4 is 23.9 Å². The summed E-state index contributed by atoms with van der Waals surface area (Å²) in [7, 11) is 0. The first-order valence-electron chi connectivity index (χ1n) is 12.8. The Balaban J connectivity index is 1.97. The molecule has 2 bridgehead atoms. The maximum atomic E-state index is 13.3. The maximum absolute atomic E-state index is 13.3. The van der Waals surface area contributed by atoms with Crippen molar-refractivity contribution in [2.75, 3.05) is 0 Å². The first-order valence-corrected chi connectivity index (χ1v) is 12.8. The molecular formula is C28H36O10. The molecule has 1 saturated heterocycles. The van der Waals surface area contributed by atoms with Crippen LogP contribution in [0.3, 0.4) is 0 Å². The topological polar surface area (TPSA) is 135 Å². The van der Waals surface area contributed by atoms with Crippen molar-refractivity contribution in [3.8, 4) is 0 Å². The third-order valence-electron chi connectivity index (χ3n) is 8.51. The van der Waals surface area contributed by atoms with Gasteiger partial charge in [0.15, 0.2) is 6.10 Å². The summed E-state index contributed by atoms with van der Waals surface area (Å²) in [5, 5.41) is 12.0. The van der Waals surface area contributed by atoms with E-state index in [-0.39, 0.29) is 12.8 Å². The molecule has 8 atom stereocenters. The Morgan fingerprint density at radius 2 is 1.39 bits per heavy atom. The van der Waals surface area contributed by atoms with Crippen molar-refractivity contribution in [1.29, 1.82) is 0 Å². The number of carbonyl (C=O) groups is 4. The van der Waals surface area contributed by atoms with Gasteiger partial charge in [-0.15, -0.1) is 0 Å². The second-order valence-electron chi connectivity index (χ2n) is 11.5. The fourth-order valence-corrected chi connectivity index (χ4v) is 7.18. The molecule has 0 unspecified atom stereocenters. The molecule has 1 aromatic carbocycles. The Bertz CT molecular complexity index is 1130. The zero-order valence-electron chi connectivity index (χ0n) is 22.8. The number of carbonyl (C=O) groups excluding carboxylic acids is 4. The molecule has 2 saturated carbocycles. The summed E-state index contributed by atoms with van der Waals surface area (Å²) >= 11 is 0. The number of fused-ring (bicyclic) bond motifs is 1. The minimum atomic E-state index is -1.70. The number of benzene rings is 1. The highest BCUT2D eigenvalue weighted by Gasteiger charge is 2.85. The molecule has 0 radical (unpaired) electrons. The number of esters is 4. The van der Waals surface area contributed by atoms with E-state index >= 15 is 0 Å². The van der Waals surface area contributed by atoms with Crippen molar-refractivity contribution in [3.05, 3.63) is 35.9 Å². The largest absolute Gasteiger partial charge is 0.459 e. The molecule has 1 aliphatic heterocycles. The SMILES string of the molecule is CC(=O)O[C@@H]1[C@H]2[C@@H](OC(C)=O)[C@]3(OC2(C)C)[C@](C)([C@H](OC(=O)c2ccccc2)CC[C@@]3(C)O)[C@H]1OC(C)=O. The van der Waals surface area contributed by atoms with Crippen molar-refractivity contribution in [1.82, 2.24) is 0 Å². The van der Waals surface area contributed by atoms with Gasteiger partial charge >= 0.3 is 23.9 Å². The highest BCUT2D eigenvalue weighted by molar-refractivity contribution is 5.89. The Kier molecular flexibility index (Phi) is 6.89. The Morgan fingerprint density at radius 3 is 1.95 bits per heavy atom. The molecular weight excluding hydrogens is 496 g/mol. The molecule has 3 aliphatic rings. The molecule has 3 fully saturated rings. The van der Waals surface area contributed by atoms with E-state index in [0.717, 1.165) is 0 Å². The zero-order valence-corrected chi connectivity index (χ0v) is 22.8. The average Bonchev–Trinajstić information content (AvgIpc) is 3.01. The average molecular weight is 533 g/mol. The number of rotatable bonds is 5. The standard InChI is InChI=1S/C28H36O10/c1-15(29)34-21-20-22(35-16(2)30)28(38-25(20,4)5)26(6,33)14-13-19(27(28,7)23(21)36-17(3)31)37-24(32)18-11-9-8-10-12-18/h8-12,19-23,33H,13-14H2,1-7H3/t19-,20+,21-,22-,23+,26-,27-,28-/m1/s1. The summed E-state index contributed by atoms with van der Waals surface area (Å²) in [4.78, 5) is 50.5. The van der Waals surface area contributed by atoms with Gasteiger partial charge in [0.05, 0.1) is 28.1 Å². The Labute approximate surface area is 221 Å². The minimum Gasteiger partial charge on any atom is -0.459 e. The minimum absolute atomic E-state index is 0.126. The predicted octanol–water partition coefficient (Wildman–Crippen LogP) is 2.74. The Morgan fingerprint density at radius 1 is 0.842 bits per heavy atom. The predicted molar refractivity (Wildman–Crippen MR) is 132 cm³/mol. The molecule has 208 valence electrons. The van der Waals surface area contributed by atoms with E-state index in [9.17, 15) is 24.3 Å². The van der Waals surface area contributed by atoms with E-state index in [0.29, 0.717) is 5.56 Å². The second kappa shape index (κ2) is 9.34. The van der Waals surface area contributed by atoms with Gasteiger partial charge in [-0.05, 0) is 52.7 Å². The molecule has 10 heteroatoms. The van der Waals surface area contributed by atoms with Crippen molar-refractivity contribution < 1.29 is 48.0 Å². The fraction of sp³-hybridized carbons (Fsp3) is 0.643. The lowest BCUT2D eigenvalue weighted by Crippen LogP contribution is -2.81. The van der Waals surface area contributed by atoms with E-state index in [1.807, 2.05) is 0 Å². The van der Waals surface area contributed by atoms with Gasteiger partial charge in [0.2, 0.25) is 0 Å². The van der Waals surface area contributed by atoms with Gasteiger partial charge in [-0.1, -0.05) is 18.2 Å². The number of hydrogen-bond acceptors (Lipinski definition) is 10. The van der Waals surface area contributed by atoms with E-state index in [4.69, 9.17) is 23.7 Å². The third kappa shape index (κ3) is 4.09. The van der Waals surface area contributed by atoms with Crippen LogP contribution >= 0.6 is 0 Å². The quantitative estimate of drug-likeness (QED) is 0.445. The van der Waals surface area contributed by atoms with Crippen LogP contribution in [0.2, 0.25) is 0 Å². The Hall–Kier alpha value is -2.98.